The summed E-state index contributed by atoms with van der Waals surface area (Å²) in [6.45, 7) is 5.59. The molecule has 20 heavy (non-hydrogen) atoms. The van der Waals surface area contributed by atoms with Gasteiger partial charge in [-0.05, 0) is 32.4 Å². The van der Waals surface area contributed by atoms with Crippen LogP contribution < -0.4 is 5.32 Å². The van der Waals surface area contributed by atoms with Crippen LogP contribution in [-0.2, 0) is 4.79 Å². The number of nitrogens with one attached hydrogen (secondary N) is 1. The maximum Gasteiger partial charge on any atom is 0.317 e. The van der Waals surface area contributed by atoms with Gasteiger partial charge < -0.3 is 20.2 Å². The van der Waals surface area contributed by atoms with Gasteiger partial charge >= 0.3 is 12.0 Å². The van der Waals surface area contributed by atoms with E-state index in [0.29, 0.717) is 12.6 Å². The molecule has 0 radical (unpaired) electrons. The summed E-state index contributed by atoms with van der Waals surface area (Å²) < 4.78 is 0. The van der Waals surface area contributed by atoms with Gasteiger partial charge in [0.2, 0.25) is 0 Å². The Bertz CT molecular complexity index is 347. The lowest BCUT2D eigenvalue weighted by Gasteiger charge is -2.28. The molecule has 0 aromatic heterocycles. The van der Waals surface area contributed by atoms with Crippen molar-refractivity contribution in [2.45, 2.75) is 45.2 Å². The minimum atomic E-state index is -0.887. The van der Waals surface area contributed by atoms with E-state index in [1.165, 1.54) is 6.42 Å². The van der Waals surface area contributed by atoms with E-state index in [-0.39, 0.29) is 24.4 Å². The predicted octanol–water partition coefficient (Wildman–Crippen LogP) is 1.22. The topological polar surface area (TPSA) is 72.9 Å². The number of likely N-dealkylation sites (N-methyl/N-ethyl adjacent to an activating group) is 2. The molecule has 6 nitrogen and oxygen atoms in total. The Balaban J connectivity index is 2.48. The summed E-state index contributed by atoms with van der Waals surface area (Å²) in [5.41, 5.74) is 0. The normalized spacial score (nSPS) is 20.9. The molecule has 1 aliphatic heterocycles. The highest BCUT2D eigenvalue weighted by molar-refractivity contribution is 5.75. The van der Waals surface area contributed by atoms with Crippen LogP contribution in [0, 0.1) is 5.92 Å². The Morgan fingerprint density at radius 3 is 2.55 bits per heavy atom. The molecule has 1 heterocycles. The smallest absolute Gasteiger partial charge is 0.317 e. The van der Waals surface area contributed by atoms with Crippen molar-refractivity contribution in [2.75, 3.05) is 27.2 Å². The maximum atomic E-state index is 12.1. The molecular formula is C14H27N3O3. The Hall–Kier alpha value is -1.30. The quantitative estimate of drug-likeness (QED) is 0.769. The van der Waals surface area contributed by atoms with Crippen molar-refractivity contribution in [3.05, 3.63) is 0 Å². The first kappa shape index (κ1) is 16.8. The first-order chi connectivity index (χ1) is 9.31. The van der Waals surface area contributed by atoms with Gasteiger partial charge in [0.25, 0.3) is 0 Å². The molecular weight excluding hydrogens is 258 g/mol. The van der Waals surface area contributed by atoms with Gasteiger partial charge in [-0.1, -0.05) is 13.8 Å². The van der Waals surface area contributed by atoms with Gasteiger partial charge in [0.15, 0.2) is 0 Å². The van der Waals surface area contributed by atoms with Gasteiger partial charge in [-0.2, -0.15) is 0 Å². The third kappa shape index (κ3) is 5.00. The lowest BCUT2D eigenvalue weighted by molar-refractivity contribution is -0.137. The fourth-order valence-corrected chi connectivity index (χ4v) is 2.52. The van der Waals surface area contributed by atoms with Crippen molar-refractivity contribution in [3.8, 4) is 0 Å². The van der Waals surface area contributed by atoms with Crippen LogP contribution in [0.2, 0.25) is 0 Å². The van der Waals surface area contributed by atoms with Crippen molar-refractivity contribution >= 4 is 12.0 Å². The lowest BCUT2D eigenvalue weighted by Crippen LogP contribution is -2.49. The van der Waals surface area contributed by atoms with Crippen molar-refractivity contribution in [3.63, 3.8) is 0 Å². The summed E-state index contributed by atoms with van der Waals surface area (Å²) in [4.78, 5) is 26.9. The highest BCUT2D eigenvalue weighted by Crippen LogP contribution is 2.15. The SMILES string of the molecule is CC(C)C(CC(=O)O)NC(=O)N(C)CC1CCCN1C. The first-order valence-electron chi connectivity index (χ1n) is 7.25. The molecule has 116 valence electrons. The number of hydrogen-bond donors (Lipinski definition) is 2. The molecule has 2 amide bonds. The number of likely N-dealkylation sites (tertiary alicyclic amines) is 1. The van der Waals surface area contributed by atoms with Gasteiger partial charge in [-0.3, -0.25) is 4.79 Å². The van der Waals surface area contributed by atoms with Crippen molar-refractivity contribution in [1.82, 2.24) is 15.1 Å². The number of carboxylic acids is 1. The summed E-state index contributed by atoms with van der Waals surface area (Å²) in [5, 5.41) is 11.7. The Morgan fingerprint density at radius 1 is 1.45 bits per heavy atom. The molecule has 1 aliphatic rings. The highest BCUT2D eigenvalue weighted by Gasteiger charge is 2.26. The molecule has 0 saturated carbocycles. The van der Waals surface area contributed by atoms with Gasteiger partial charge in [-0.25, -0.2) is 4.79 Å². The second kappa shape index (κ2) is 7.47. The zero-order chi connectivity index (χ0) is 15.3. The predicted molar refractivity (Wildman–Crippen MR) is 77.7 cm³/mol. The third-order valence-electron chi connectivity index (χ3n) is 4.01. The number of carbonyl (C=O) groups is 2. The van der Waals surface area contributed by atoms with E-state index in [9.17, 15) is 9.59 Å². The largest absolute Gasteiger partial charge is 0.481 e. The molecule has 0 aliphatic carbocycles. The number of carbonyl (C=O) groups excluding carboxylic acids is 1. The van der Waals surface area contributed by atoms with E-state index in [4.69, 9.17) is 5.11 Å². The van der Waals surface area contributed by atoms with Crippen molar-refractivity contribution in [2.24, 2.45) is 5.92 Å². The van der Waals surface area contributed by atoms with Gasteiger partial charge in [0, 0.05) is 25.7 Å². The fourth-order valence-electron chi connectivity index (χ4n) is 2.52. The lowest BCUT2D eigenvalue weighted by atomic mass is 10.0. The number of nitrogens with zero attached hydrogens (tertiary/aromatic N) is 2. The van der Waals surface area contributed by atoms with Crippen molar-refractivity contribution < 1.29 is 14.7 Å². The van der Waals surface area contributed by atoms with Gasteiger partial charge in [0.05, 0.1) is 6.42 Å². The Labute approximate surface area is 121 Å². The second-order valence-corrected chi connectivity index (χ2v) is 6.06. The molecule has 2 atom stereocenters. The number of urea groups is 1. The third-order valence-corrected chi connectivity index (χ3v) is 4.01. The average Bonchev–Trinajstić information content (AvgIpc) is 2.73. The van der Waals surface area contributed by atoms with Crippen LogP contribution in [0.4, 0.5) is 4.79 Å². The summed E-state index contributed by atoms with van der Waals surface area (Å²) >= 11 is 0. The van der Waals surface area contributed by atoms with Crippen LogP contribution >= 0.6 is 0 Å². The number of hydrogen-bond acceptors (Lipinski definition) is 3. The summed E-state index contributed by atoms with van der Waals surface area (Å²) in [5.74, 6) is -0.792. The molecule has 0 spiro atoms. The molecule has 2 N–H and O–H groups in total. The van der Waals surface area contributed by atoms with Crippen molar-refractivity contribution in [1.29, 1.82) is 0 Å². The number of rotatable bonds is 6. The van der Waals surface area contributed by atoms with E-state index in [1.54, 1.807) is 11.9 Å². The van der Waals surface area contributed by atoms with Crippen LogP contribution in [0.25, 0.3) is 0 Å². The molecule has 1 saturated heterocycles. The molecule has 2 unspecified atom stereocenters. The number of aliphatic carboxylic acids is 1. The van der Waals surface area contributed by atoms with Gasteiger partial charge in [-0.15, -0.1) is 0 Å². The molecule has 1 fully saturated rings. The zero-order valence-corrected chi connectivity index (χ0v) is 12.9. The molecule has 0 bridgehead atoms. The van der Waals surface area contributed by atoms with Crippen LogP contribution in [-0.4, -0.2) is 66.2 Å². The number of carboxylic acid groups (broad SMARTS) is 1. The summed E-state index contributed by atoms with van der Waals surface area (Å²) in [6.07, 6.45) is 2.24. The van der Waals surface area contributed by atoms with E-state index in [2.05, 4.69) is 17.3 Å². The van der Waals surface area contributed by atoms with E-state index in [1.807, 2.05) is 13.8 Å². The molecule has 6 heteroatoms. The Morgan fingerprint density at radius 2 is 2.10 bits per heavy atom. The average molecular weight is 285 g/mol. The highest BCUT2D eigenvalue weighted by atomic mass is 16.4. The second-order valence-electron chi connectivity index (χ2n) is 6.06. The monoisotopic (exact) mass is 285 g/mol. The number of amides is 2. The summed E-state index contributed by atoms with van der Waals surface area (Å²) in [6, 6.07) is -0.114. The fraction of sp³-hybridized carbons (Fsp3) is 0.857. The summed E-state index contributed by atoms with van der Waals surface area (Å²) in [7, 11) is 3.84. The van der Waals surface area contributed by atoms with Crippen LogP contribution in [0.3, 0.4) is 0 Å². The Kier molecular flexibility index (Phi) is 6.26. The zero-order valence-electron chi connectivity index (χ0n) is 12.9. The minimum Gasteiger partial charge on any atom is -0.481 e. The van der Waals surface area contributed by atoms with E-state index < -0.39 is 5.97 Å². The van der Waals surface area contributed by atoms with Crippen LogP contribution in [0.15, 0.2) is 0 Å². The molecule has 0 aromatic rings. The molecule has 0 aromatic carbocycles. The maximum absolute atomic E-state index is 12.1. The van der Waals surface area contributed by atoms with Crippen LogP contribution in [0.1, 0.15) is 33.1 Å². The van der Waals surface area contributed by atoms with E-state index >= 15 is 0 Å². The van der Waals surface area contributed by atoms with Crippen LogP contribution in [0.5, 0.6) is 0 Å². The first-order valence-corrected chi connectivity index (χ1v) is 7.25. The standard InChI is InChI=1S/C14H27N3O3/c1-10(2)12(8-13(18)19)15-14(20)17(4)9-11-6-5-7-16(11)3/h10-12H,5-9H2,1-4H3,(H,15,20)(H,18,19). The van der Waals surface area contributed by atoms with E-state index in [0.717, 1.165) is 13.0 Å². The van der Waals surface area contributed by atoms with Gasteiger partial charge in [0.1, 0.15) is 0 Å². The molecule has 1 rings (SSSR count). The minimum absolute atomic E-state index is 0.0411.